The molecule has 1 aromatic carbocycles. The number of halogens is 1. The number of aromatic nitrogens is 3. The van der Waals surface area contributed by atoms with E-state index in [1.165, 1.54) is 12.8 Å². The minimum Gasteiger partial charge on any atom is -0.372 e. The first-order valence-electron chi connectivity index (χ1n) is 6.76. The maximum Gasteiger partial charge on any atom is 0.191 e. The number of benzene rings is 1. The molecule has 104 valence electrons. The summed E-state index contributed by atoms with van der Waals surface area (Å²) in [5, 5.41) is 9.82. The quantitative estimate of drug-likeness (QED) is 0.610. The van der Waals surface area contributed by atoms with Gasteiger partial charge < -0.3 is 4.74 Å². The molecule has 0 spiro atoms. The average molecular weight is 352 g/mol. The van der Waals surface area contributed by atoms with E-state index in [0.29, 0.717) is 12.1 Å². The third-order valence-corrected chi connectivity index (χ3v) is 5.08. The van der Waals surface area contributed by atoms with Crippen molar-refractivity contribution in [2.24, 2.45) is 0 Å². The minimum absolute atomic E-state index is 0.417. The number of thioether (sulfide) groups is 1. The predicted molar refractivity (Wildman–Crippen MR) is 81.9 cm³/mol. The van der Waals surface area contributed by atoms with Crippen molar-refractivity contribution in [3.05, 3.63) is 28.7 Å². The Hall–Kier alpha value is -0.850. The van der Waals surface area contributed by atoms with Crippen molar-refractivity contribution in [1.82, 2.24) is 14.8 Å². The molecule has 0 bridgehead atoms. The van der Waals surface area contributed by atoms with Crippen molar-refractivity contribution in [3.63, 3.8) is 0 Å². The number of epoxide rings is 1. The number of nitrogens with zero attached hydrogens (tertiary/aromatic N) is 3. The van der Waals surface area contributed by atoms with Gasteiger partial charge in [0.2, 0.25) is 0 Å². The Bertz CT molecular complexity index is 620. The number of hydrogen-bond acceptors (Lipinski definition) is 4. The van der Waals surface area contributed by atoms with Gasteiger partial charge in [-0.05, 0) is 25.0 Å². The zero-order valence-electron chi connectivity index (χ0n) is 10.8. The molecular formula is C14H14BrN3OS. The number of rotatable bonds is 5. The molecule has 1 saturated carbocycles. The van der Waals surface area contributed by atoms with E-state index < -0.39 is 0 Å². The highest BCUT2D eigenvalue weighted by Crippen LogP contribution is 2.41. The van der Waals surface area contributed by atoms with Gasteiger partial charge in [-0.3, -0.25) is 4.57 Å². The lowest BCUT2D eigenvalue weighted by atomic mass is 10.2. The van der Waals surface area contributed by atoms with E-state index in [1.54, 1.807) is 11.8 Å². The van der Waals surface area contributed by atoms with E-state index in [9.17, 15) is 0 Å². The average Bonchev–Trinajstić information content (AvgIpc) is 3.37. The summed E-state index contributed by atoms with van der Waals surface area (Å²) in [5.74, 6) is 1.96. The molecule has 1 saturated heterocycles. The second-order valence-corrected chi connectivity index (χ2v) is 7.08. The Labute approximate surface area is 130 Å². The van der Waals surface area contributed by atoms with Crippen LogP contribution in [0.15, 0.2) is 33.9 Å². The lowest BCUT2D eigenvalue weighted by Gasteiger charge is -2.08. The molecule has 1 unspecified atom stereocenters. The summed E-state index contributed by atoms with van der Waals surface area (Å²) in [6.45, 7) is 0.893. The van der Waals surface area contributed by atoms with Gasteiger partial charge in [0.1, 0.15) is 0 Å². The lowest BCUT2D eigenvalue weighted by Crippen LogP contribution is -2.01. The maximum absolute atomic E-state index is 5.27. The second-order valence-electron chi connectivity index (χ2n) is 5.18. The third-order valence-electron chi connectivity index (χ3n) is 3.48. The van der Waals surface area contributed by atoms with E-state index in [2.05, 4.69) is 42.8 Å². The molecule has 0 amide bonds. The molecule has 1 aliphatic carbocycles. The third kappa shape index (κ3) is 2.64. The molecule has 1 aliphatic heterocycles. The fourth-order valence-electron chi connectivity index (χ4n) is 2.16. The highest BCUT2D eigenvalue weighted by molar-refractivity contribution is 9.10. The van der Waals surface area contributed by atoms with Crippen molar-refractivity contribution in [2.75, 3.05) is 12.4 Å². The molecule has 20 heavy (non-hydrogen) atoms. The smallest absolute Gasteiger partial charge is 0.191 e. The lowest BCUT2D eigenvalue weighted by molar-refractivity contribution is 0.426. The van der Waals surface area contributed by atoms with E-state index in [1.807, 2.05) is 12.1 Å². The van der Waals surface area contributed by atoms with Gasteiger partial charge in [0, 0.05) is 21.8 Å². The first-order valence-corrected chi connectivity index (χ1v) is 8.54. The Morgan fingerprint density at radius 2 is 2.00 bits per heavy atom. The Balaban J connectivity index is 1.65. The van der Waals surface area contributed by atoms with E-state index in [0.717, 1.165) is 33.4 Å². The van der Waals surface area contributed by atoms with Gasteiger partial charge in [0.25, 0.3) is 0 Å². The molecule has 4 rings (SSSR count). The van der Waals surface area contributed by atoms with Crippen molar-refractivity contribution in [1.29, 1.82) is 0 Å². The van der Waals surface area contributed by atoms with Crippen molar-refractivity contribution < 1.29 is 4.74 Å². The zero-order valence-corrected chi connectivity index (χ0v) is 13.2. The van der Waals surface area contributed by atoms with Crippen LogP contribution in [0.4, 0.5) is 0 Å². The summed E-state index contributed by atoms with van der Waals surface area (Å²) >= 11 is 5.23. The van der Waals surface area contributed by atoms with E-state index in [-0.39, 0.29) is 0 Å². The fourth-order valence-corrected chi connectivity index (χ4v) is 3.43. The fraction of sp³-hybridized carbons (Fsp3) is 0.429. The first kappa shape index (κ1) is 12.9. The molecule has 1 atom stereocenters. The molecule has 2 heterocycles. The van der Waals surface area contributed by atoms with Crippen LogP contribution in [0.1, 0.15) is 18.9 Å². The maximum atomic E-state index is 5.27. The van der Waals surface area contributed by atoms with Crippen molar-refractivity contribution in [3.8, 4) is 11.4 Å². The summed E-state index contributed by atoms with van der Waals surface area (Å²) in [4.78, 5) is 0. The van der Waals surface area contributed by atoms with Gasteiger partial charge in [0.15, 0.2) is 11.0 Å². The molecule has 6 heteroatoms. The van der Waals surface area contributed by atoms with Crippen LogP contribution in [-0.2, 0) is 4.74 Å². The van der Waals surface area contributed by atoms with Crippen LogP contribution in [0, 0.1) is 0 Å². The van der Waals surface area contributed by atoms with Gasteiger partial charge in [0.05, 0.1) is 12.7 Å². The monoisotopic (exact) mass is 351 g/mol. The van der Waals surface area contributed by atoms with E-state index in [4.69, 9.17) is 4.74 Å². The topological polar surface area (TPSA) is 43.2 Å². The van der Waals surface area contributed by atoms with Crippen LogP contribution in [0.2, 0.25) is 0 Å². The van der Waals surface area contributed by atoms with Crippen molar-refractivity contribution >= 4 is 27.7 Å². The second kappa shape index (κ2) is 5.16. The normalized spacial score (nSPS) is 21.1. The molecule has 1 aromatic heterocycles. The van der Waals surface area contributed by atoms with Gasteiger partial charge in [-0.2, -0.15) is 0 Å². The Kier molecular flexibility index (Phi) is 3.32. The Morgan fingerprint density at radius 3 is 2.65 bits per heavy atom. The van der Waals surface area contributed by atoms with Crippen molar-refractivity contribution in [2.45, 2.75) is 30.1 Å². The zero-order chi connectivity index (χ0) is 13.5. The minimum atomic E-state index is 0.417. The standard InChI is InChI=1S/C14H14BrN3OS/c15-10-3-1-9(2-4-10)13-16-17-14(18(13)11-5-6-11)20-8-12-7-19-12/h1-4,11-12H,5-8H2. The molecule has 0 radical (unpaired) electrons. The largest absolute Gasteiger partial charge is 0.372 e. The molecule has 4 nitrogen and oxygen atoms in total. The van der Waals surface area contributed by atoms with Crippen LogP contribution in [0.25, 0.3) is 11.4 Å². The van der Waals surface area contributed by atoms with Crippen LogP contribution < -0.4 is 0 Å². The highest BCUT2D eigenvalue weighted by Gasteiger charge is 2.31. The number of hydrogen-bond donors (Lipinski definition) is 0. The van der Waals surface area contributed by atoms with Gasteiger partial charge in [-0.1, -0.05) is 39.8 Å². The van der Waals surface area contributed by atoms with Crippen LogP contribution in [-0.4, -0.2) is 33.2 Å². The van der Waals surface area contributed by atoms with Crippen LogP contribution in [0.3, 0.4) is 0 Å². The first-order chi connectivity index (χ1) is 9.81. The molecule has 2 fully saturated rings. The highest BCUT2D eigenvalue weighted by atomic mass is 79.9. The predicted octanol–water partition coefficient (Wildman–Crippen LogP) is 3.53. The molecule has 2 aliphatic rings. The summed E-state index contributed by atoms with van der Waals surface area (Å²) in [7, 11) is 0. The van der Waals surface area contributed by atoms with Gasteiger partial charge >= 0.3 is 0 Å². The Morgan fingerprint density at radius 1 is 1.25 bits per heavy atom. The van der Waals surface area contributed by atoms with E-state index >= 15 is 0 Å². The summed E-state index contributed by atoms with van der Waals surface area (Å²) < 4.78 is 8.65. The number of ether oxygens (including phenoxy) is 1. The molecular weight excluding hydrogens is 338 g/mol. The summed E-state index contributed by atoms with van der Waals surface area (Å²) in [6, 6.07) is 8.85. The SMILES string of the molecule is Brc1ccc(-c2nnc(SCC3CO3)n2C2CC2)cc1. The van der Waals surface area contributed by atoms with Crippen LogP contribution >= 0.6 is 27.7 Å². The van der Waals surface area contributed by atoms with Gasteiger partial charge in [-0.15, -0.1) is 10.2 Å². The van der Waals surface area contributed by atoms with Gasteiger partial charge in [-0.25, -0.2) is 0 Å². The van der Waals surface area contributed by atoms with Crippen LogP contribution in [0.5, 0.6) is 0 Å². The molecule has 2 aromatic rings. The summed E-state index contributed by atoms with van der Waals surface area (Å²) in [6.07, 6.45) is 2.88. The molecule has 0 N–H and O–H groups in total. The summed E-state index contributed by atoms with van der Waals surface area (Å²) in [5.41, 5.74) is 1.13.